The minimum atomic E-state index is 0.311. The van der Waals surface area contributed by atoms with Crippen molar-refractivity contribution in [3.8, 4) is 0 Å². The molecular weight excluding hydrogens is 192 g/mol. The minimum absolute atomic E-state index is 0.311. The summed E-state index contributed by atoms with van der Waals surface area (Å²) in [5.74, 6) is 0.722. The van der Waals surface area contributed by atoms with Gasteiger partial charge in [-0.25, -0.2) is 0 Å². The molecule has 0 aromatic heterocycles. The summed E-state index contributed by atoms with van der Waals surface area (Å²) < 4.78 is 16.5. The van der Waals surface area contributed by atoms with Gasteiger partial charge in [0.1, 0.15) is 0 Å². The Balaban J connectivity index is 1.62. The highest BCUT2D eigenvalue weighted by molar-refractivity contribution is 4.84. The fraction of sp³-hybridized carbons (Fsp3) is 1.00. The van der Waals surface area contributed by atoms with E-state index in [2.05, 4.69) is 13.8 Å². The molecule has 0 amide bonds. The molecule has 2 rings (SSSR count). The molecular formula is C12H22O3. The predicted molar refractivity (Wildman–Crippen MR) is 57.9 cm³/mol. The summed E-state index contributed by atoms with van der Waals surface area (Å²) >= 11 is 0. The zero-order valence-corrected chi connectivity index (χ0v) is 9.83. The van der Waals surface area contributed by atoms with Crippen molar-refractivity contribution in [2.24, 2.45) is 11.3 Å². The van der Waals surface area contributed by atoms with Crippen LogP contribution in [0.3, 0.4) is 0 Å². The second kappa shape index (κ2) is 4.81. The Morgan fingerprint density at radius 3 is 2.53 bits per heavy atom. The topological polar surface area (TPSA) is 27.7 Å². The number of ether oxygens (including phenoxy) is 3. The molecule has 2 aliphatic heterocycles. The highest BCUT2D eigenvalue weighted by Gasteiger charge is 2.38. The van der Waals surface area contributed by atoms with E-state index in [0.717, 1.165) is 45.4 Å². The van der Waals surface area contributed by atoms with E-state index in [1.54, 1.807) is 0 Å². The summed E-state index contributed by atoms with van der Waals surface area (Å²) in [6, 6.07) is 0. The van der Waals surface area contributed by atoms with E-state index in [1.165, 1.54) is 6.42 Å². The fourth-order valence-electron chi connectivity index (χ4n) is 2.11. The third-order valence-electron chi connectivity index (χ3n) is 3.83. The highest BCUT2D eigenvalue weighted by Crippen LogP contribution is 2.32. The zero-order valence-electron chi connectivity index (χ0n) is 9.83. The van der Waals surface area contributed by atoms with Gasteiger partial charge in [0.25, 0.3) is 0 Å². The van der Waals surface area contributed by atoms with Gasteiger partial charge in [0.2, 0.25) is 0 Å². The van der Waals surface area contributed by atoms with Gasteiger partial charge in [-0.2, -0.15) is 0 Å². The average Bonchev–Trinajstić information content (AvgIpc) is 2.15. The first-order valence-corrected chi connectivity index (χ1v) is 6.07. The normalized spacial score (nSPS) is 33.2. The number of rotatable bonds is 6. The van der Waals surface area contributed by atoms with Gasteiger partial charge in [-0.15, -0.1) is 0 Å². The Hall–Kier alpha value is -0.120. The van der Waals surface area contributed by atoms with Crippen LogP contribution in [-0.2, 0) is 14.2 Å². The van der Waals surface area contributed by atoms with Gasteiger partial charge in [-0.3, -0.25) is 0 Å². The minimum Gasteiger partial charge on any atom is -0.380 e. The van der Waals surface area contributed by atoms with Gasteiger partial charge in [0, 0.05) is 11.3 Å². The molecule has 0 spiro atoms. The van der Waals surface area contributed by atoms with Crippen LogP contribution in [0.4, 0.5) is 0 Å². The highest BCUT2D eigenvalue weighted by atomic mass is 16.6. The number of hydrogen-bond acceptors (Lipinski definition) is 3. The first-order chi connectivity index (χ1) is 7.29. The van der Waals surface area contributed by atoms with E-state index in [4.69, 9.17) is 14.2 Å². The summed E-state index contributed by atoms with van der Waals surface area (Å²) in [7, 11) is 0. The van der Waals surface area contributed by atoms with Crippen LogP contribution in [0.2, 0.25) is 0 Å². The Morgan fingerprint density at radius 2 is 2.13 bits per heavy atom. The van der Waals surface area contributed by atoms with Crippen molar-refractivity contribution in [3.63, 3.8) is 0 Å². The standard InChI is InChI=1S/C12H22O3/c1-3-10-5-15-11(10)6-13-7-12(4-2)8-14-9-12/h10-11H,3-9H2,1-2H3. The monoisotopic (exact) mass is 214 g/mol. The molecule has 0 radical (unpaired) electrons. The van der Waals surface area contributed by atoms with Crippen molar-refractivity contribution in [3.05, 3.63) is 0 Å². The van der Waals surface area contributed by atoms with E-state index >= 15 is 0 Å². The van der Waals surface area contributed by atoms with Gasteiger partial charge in [0.15, 0.2) is 0 Å². The first kappa shape index (κ1) is 11.4. The van der Waals surface area contributed by atoms with E-state index in [1.807, 2.05) is 0 Å². The lowest BCUT2D eigenvalue weighted by molar-refractivity contribution is -0.183. The van der Waals surface area contributed by atoms with Crippen LogP contribution in [0.15, 0.2) is 0 Å². The summed E-state index contributed by atoms with van der Waals surface area (Å²) in [5.41, 5.74) is 0.311. The van der Waals surface area contributed by atoms with Crippen LogP contribution >= 0.6 is 0 Å². The van der Waals surface area contributed by atoms with Crippen LogP contribution in [0.5, 0.6) is 0 Å². The first-order valence-electron chi connectivity index (χ1n) is 6.07. The Labute approximate surface area is 92.1 Å². The van der Waals surface area contributed by atoms with E-state index < -0.39 is 0 Å². The predicted octanol–water partition coefficient (Wildman–Crippen LogP) is 1.85. The molecule has 0 bridgehead atoms. The molecule has 15 heavy (non-hydrogen) atoms. The van der Waals surface area contributed by atoms with E-state index in [9.17, 15) is 0 Å². The molecule has 88 valence electrons. The largest absolute Gasteiger partial charge is 0.380 e. The summed E-state index contributed by atoms with van der Waals surface area (Å²) in [5, 5.41) is 0. The quantitative estimate of drug-likeness (QED) is 0.675. The van der Waals surface area contributed by atoms with Gasteiger partial charge in [-0.1, -0.05) is 13.8 Å². The van der Waals surface area contributed by atoms with Crippen molar-refractivity contribution < 1.29 is 14.2 Å². The molecule has 2 heterocycles. The molecule has 2 aliphatic rings. The van der Waals surface area contributed by atoms with Crippen LogP contribution < -0.4 is 0 Å². The Kier molecular flexibility index (Phi) is 3.65. The molecule has 2 fully saturated rings. The lowest BCUT2D eigenvalue weighted by Crippen LogP contribution is -2.48. The summed E-state index contributed by atoms with van der Waals surface area (Å²) in [6.07, 6.45) is 2.70. The van der Waals surface area contributed by atoms with Crippen LogP contribution in [0.1, 0.15) is 26.7 Å². The maximum Gasteiger partial charge on any atom is 0.0858 e. The smallest absolute Gasteiger partial charge is 0.0858 e. The van der Waals surface area contributed by atoms with Gasteiger partial charge >= 0.3 is 0 Å². The van der Waals surface area contributed by atoms with Crippen molar-refractivity contribution in [2.45, 2.75) is 32.8 Å². The van der Waals surface area contributed by atoms with Gasteiger partial charge in [-0.05, 0) is 12.8 Å². The zero-order chi connectivity index (χ0) is 10.7. The van der Waals surface area contributed by atoms with E-state index in [0.29, 0.717) is 11.5 Å². The maximum atomic E-state index is 5.76. The van der Waals surface area contributed by atoms with Crippen LogP contribution in [0, 0.1) is 11.3 Å². The number of hydrogen-bond donors (Lipinski definition) is 0. The molecule has 2 unspecified atom stereocenters. The van der Waals surface area contributed by atoms with Gasteiger partial charge < -0.3 is 14.2 Å². The third-order valence-corrected chi connectivity index (χ3v) is 3.83. The fourth-order valence-corrected chi connectivity index (χ4v) is 2.11. The molecule has 2 saturated heterocycles. The lowest BCUT2D eigenvalue weighted by Gasteiger charge is -2.42. The summed E-state index contributed by atoms with van der Waals surface area (Å²) in [6.45, 7) is 8.68. The summed E-state index contributed by atoms with van der Waals surface area (Å²) in [4.78, 5) is 0. The second-order valence-corrected chi connectivity index (χ2v) is 4.90. The van der Waals surface area contributed by atoms with E-state index in [-0.39, 0.29) is 0 Å². The molecule has 3 heteroatoms. The molecule has 0 aliphatic carbocycles. The maximum absolute atomic E-state index is 5.76. The van der Waals surface area contributed by atoms with Crippen molar-refractivity contribution in [1.29, 1.82) is 0 Å². The van der Waals surface area contributed by atoms with Crippen molar-refractivity contribution >= 4 is 0 Å². The van der Waals surface area contributed by atoms with Crippen molar-refractivity contribution in [1.82, 2.24) is 0 Å². The Bertz CT molecular complexity index is 194. The molecule has 0 saturated carbocycles. The SMILES string of the molecule is CCC1COC1COCC1(CC)COC1. The molecule has 2 atom stereocenters. The second-order valence-electron chi connectivity index (χ2n) is 4.90. The molecule has 0 N–H and O–H groups in total. The molecule has 3 nitrogen and oxygen atoms in total. The van der Waals surface area contributed by atoms with Crippen LogP contribution in [0.25, 0.3) is 0 Å². The van der Waals surface area contributed by atoms with Crippen LogP contribution in [-0.4, -0.2) is 39.1 Å². The molecule has 0 aromatic carbocycles. The van der Waals surface area contributed by atoms with Crippen molar-refractivity contribution in [2.75, 3.05) is 33.0 Å². The average molecular weight is 214 g/mol. The third kappa shape index (κ3) is 2.35. The molecule has 0 aromatic rings. The Morgan fingerprint density at radius 1 is 1.33 bits per heavy atom. The lowest BCUT2D eigenvalue weighted by atomic mass is 9.84. The van der Waals surface area contributed by atoms with Gasteiger partial charge in [0.05, 0.1) is 39.1 Å².